The molecule has 0 aromatic carbocycles. The minimum absolute atomic E-state index is 0.606. The van der Waals surface area contributed by atoms with Gasteiger partial charge in [-0.1, -0.05) is 20.3 Å². The molecule has 0 bridgehead atoms. The van der Waals surface area contributed by atoms with Crippen molar-refractivity contribution in [2.24, 2.45) is 5.92 Å². The Labute approximate surface area is 67.5 Å². The second-order valence-electron chi connectivity index (χ2n) is 3.01. The molecule has 1 aliphatic heterocycles. The van der Waals surface area contributed by atoms with Crippen LogP contribution in [0.3, 0.4) is 0 Å². The molecule has 1 nitrogen and oxygen atoms in total. The normalized spacial score (nSPS) is 26.4. The van der Waals surface area contributed by atoms with Gasteiger partial charge in [-0.05, 0) is 11.7 Å². The molecule has 0 radical (unpaired) electrons. The van der Waals surface area contributed by atoms with Crippen LogP contribution in [0.25, 0.3) is 0 Å². The molecule has 2 unspecified atom stereocenters. The van der Waals surface area contributed by atoms with E-state index in [4.69, 9.17) is 4.74 Å². The summed E-state index contributed by atoms with van der Waals surface area (Å²) in [5.41, 5.74) is 0. The van der Waals surface area contributed by atoms with Crippen LogP contribution in [-0.2, 0) is 4.74 Å². The van der Waals surface area contributed by atoms with Crippen molar-refractivity contribution in [2.75, 3.05) is 18.1 Å². The molecule has 2 heteroatoms. The molecule has 0 aromatic heterocycles. The molecule has 0 amide bonds. The highest BCUT2D eigenvalue weighted by Crippen LogP contribution is 2.18. The van der Waals surface area contributed by atoms with Gasteiger partial charge < -0.3 is 4.74 Å². The minimum Gasteiger partial charge on any atom is -0.372 e. The molecule has 0 N–H and O–H groups in total. The van der Waals surface area contributed by atoms with E-state index in [1.165, 1.54) is 17.9 Å². The fourth-order valence-electron chi connectivity index (χ4n) is 0.683. The van der Waals surface area contributed by atoms with Gasteiger partial charge in [0.15, 0.2) is 0 Å². The van der Waals surface area contributed by atoms with Crippen LogP contribution in [0.2, 0.25) is 0 Å². The number of epoxide rings is 1. The van der Waals surface area contributed by atoms with Gasteiger partial charge in [-0.3, -0.25) is 0 Å². The third-order valence-electron chi connectivity index (χ3n) is 1.81. The number of hydrogen-bond donors (Lipinski definition) is 0. The van der Waals surface area contributed by atoms with Gasteiger partial charge in [0.05, 0.1) is 12.7 Å². The Balaban J connectivity index is 1.83. The molecule has 0 spiro atoms. The fourth-order valence-corrected chi connectivity index (χ4v) is 1.91. The van der Waals surface area contributed by atoms with Gasteiger partial charge in [-0.2, -0.15) is 11.8 Å². The number of ether oxygens (including phenoxy) is 1. The zero-order valence-electron chi connectivity index (χ0n) is 6.80. The summed E-state index contributed by atoms with van der Waals surface area (Å²) in [7, 11) is 0. The SMILES string of the molecule is CCC(C)CSCC1CO1. The third-order valence-corrected chi connectivity index (χ3v) is 3.22. The predicted molar refractivity (Wildman–Crippen MR) is 46.5 cm³/mol. The molecule has 1 saturated heterocycles. The van der Waals surface area contributed by atoms with Crippen molar-refractivity contribution in [1.29, 1.82) is 0 Å². The summed E-state index contributed by atoms with van der Waals surface area (Å²) < 4.78 is 5.10. The monoisotopic (exact) mass is 160 g/mol. The first-order valence-electron chi connectivity index (χ1n) is 4.02. The third kappa shape index (κ3) is 3.47. The number of thioether (sulfide) groups is 1. The van der Waals surface area contributed by atoms with Gasteiger partial charge in [0, 0.05) is 5.75 Å². The largest absolute Gasteiger partial charge is 0.372 e. The van der Waals surface area contributed by atoms with Crippen molar-refractivity contribution in [3.8, 4) is 0 Å². The molecular formula is C8H16OS. The second-order valence-corrected chi connectivity index (χ2v) is 4.08. The summed E-state index contributed by atoms with van der Waals surface area (Å²) in [5, 5.41) is 0. The topological polar surface area (TPSA) is 12.5 Å². The van der Waals surface area contributed by atoms with Crippen molar-refractivity contribution in [3.63, 3.8) is 0 Å². The molecule has 10 heavy (non-hydrogen) atoms. The van der Waals surface area contributed by atoms with Crippen LogP contribution < -0.4 is 0 Å². The summed E-state index contributed by atoms with van der Waals surface area (Å²) in [6.07, 6.45) is 1.91. The smallest absolute Gasteiger partial charge is 0.0900 e. The Bertz CT molecular complexity index is 91.3. The predicted octanol–water partition coefficient (Wildman–Crippen LogP) is 2.16. The lowest BCUT2D eigenvalue weighted by molar-refractivity contribution is 0.426. The second kappa shape index (κ2) is 4.24. The lowest BCUT2D eigenvalue weighted by Crippen LogP contribution is -1.98. The van der Waals surface area contributed by atoms with E-state index in [0.29, 0.717) is 6.10 Å². The van der Waals surface area contributed by atoms with Gasteiger partial charge in [0.25, 0.3) is 0 Å². The molecule has 60 valence electrons. The van der Waals surface area contributed by atoms with E-state index in [2.05, 4.69) is 13.8 Å². The lowest BCUT2D eigenvalue weighted by Gasteiger charge is -2.05. The Morgan fingerprint density at radius 1 is 1.70 bits per heavy atom. The lowest BCUT2D eigenvalue weighted by atomic mass is 10.2. The van der Waals surface area contributed by atoms with Crippen molar-refractivity contribution < 1.29 is 4.74 Å². The zero-order chi connectivity index (χ0) is 7.40. The average molecular weight is 160 g/mol. The van der Waals surface area contributed by atoms with E-state index < -0.39 is 0 Å². The molecule has 1 aliphatic rings. The van der Waals surface area contributed by atoms with Crippen LogP contribution >= 0.6 is 11.8 Å². The maximum atomic E-state index is 5.10. The van der Waals surface area contributed by atoms with Gasteiger partial charge in [-0.15, -0.1) is 0 Å². The van der Waals surface area contributed by atoms with E-state index in [0.717, 1.165) is 12.5 Å². The van der Waals surface area contributed by atoms with E-state index in [-0.39, 0.29) is 0 Å². The summed E-state index contributed by atoms with van der Waals surface area (Å²) in [5.74, 6) is 3.39. The Kier molecular flexibility index (Phi) is 3.57. The maximum Gasteiger partial charge on any atom is 0.0900 e. The van der Waals surface area contributed by atoms with E-state index in [9.17, 15) is 0 Å². The summed E-state index contributed by atoms with van der Waals surface area (Å²) >= 11 is 2.03. The van der Waals surface area contributed by atoms with Crippen LogP contribution in [0, 0.1) is 5.92 Å². The fraction of sp³-hybridized carbons (Fsp3) is 1.00. The van der Waals surface area contributed by atoms with Crippen molar-refractivity contribution in [3.05, 3.63) is 0 Å². The van der Waals surface area contributed by atoms with E-state index in [1.807, 2.05) is 11.8 Å². The molecule has 1 heterocycles. The van der Waals surface area contributed by atoms with Crippen molar-refractivity contribution in [2.45, 2.75) is 26.4 Å². The highest BCUT2D eigenvalue weighted by molar-refractivity contribution is 7.99. The number of hydrogen-bond acceptors (Lipinski definition) is 2. The molecular weight excluding hydrogens is 144 g/mol. The molecule has 0 aliphatic carbocycles. The summed E-state index contributed by atoms with van der Waals surface area (Å²) in [4.78, 5) is 0. The first-order chi connectivity index (χ1) is 4.83. The molecule has 1 rings (SSSR count). The zero-order valence-corrected chi connectivity index (χ0v) is 7.62. The van der Waals surface area contributed by atoms with Gasteiger partial charge in [0.1, 0.15) is 0 Å². The van der Waals surface area contributed by atoms with Gasteiger partial charge in [0.2, 0.25) is 0 Å². The van der Waals surface area contributed by atoms with Crippen LogP contribution in [0.5, 0.6) is 0 Å². The maximum absolute atomic E-state index is 5.10. The standard InChI is InChI=1S/C8H16OS/c1-3-7(2)5-10-6-8-4-9-8/h7-8H,3-6H2,1-2H3. The summed E-state index contributed by atoms with van der Waals surface area (Å²) in [6.45, 7) is 5.56. The van der Waals surface area contributed by atoms with Crippen molar-refractivity contribution >= 4 is 11.8 Å². The van der Waals surface area contributed by atoms with Crippen LogP contribution in [-0.4, -0.2) is 24.2 Å². The van der Waals surface area contributed by atoms with Crippen LogP contribution in [0.15, 0.2) is 0 Å². The summed E-state index contributed by atoms with van der Waals surface area (Å²) in [6, 6.07) is 0. The number of rotatable bonds is 5. The highest BCUT2D eigenvalue weighted by Gasteiger charge is 2.21. The Hall–Kier alpha value is 0.310. The Morgan fingerprint density at radius 2 is 2.40 bits per heavy atom. The quantitative estimate of drug-likeness (QED) is 0.571. The molecule has 0 aromatic rings. The van der Waals surface area contributed by atoms with Gasteiger partial charge in [-0.25, -0.2) is 0 Å². The molecule has 0 saturated carbocycles. The highest BCUT2D eigenvalue weighted by atomic mass is 32.2. The molecule has 2 atom stereocenters. The average Bonchev–Trinajstić information content (AvgIpc) is 2.71. The Morgan fingerprint density at radius 3 is 2.90 bits per heavy atom. The van der Waals surface area contributed by atoms with Crippen molar-refractivity contribution in [1.82, 2.24) is 0 Å². The van der Waals surface area contributed by atoms with Crippen LogP contribution in [0.1, 0.15) is 20.3 Å². The van der Waals surface area contributed by atoms with Gasteiger partial charge >= 0.3 is 0 Å². The first-order valence-corrected chi connectivity index (χ1v) is 5.17. The van der Waals surface area contributed by atoms with Crippen LogP contribution in [0.4, 0.5) is 0 Å². The minimum atomic E-state index is 0.606. The molecule has 1 fully saturated rings. The van der Waals surface area contributed by atoms with E-state index in [1.54, 1.807) is 0 Å². The van der Waals surface area contributed by atoms with E-state index >= 15 is 0 Å². The first kappa shape index (κ1) is 8.41.